The lowest BCUT2D eigenvalue weighted by Crippen LogP contribution is -2.67. The van der Waals surface area contributed by atoms with Crippen molar-refractivity contribution in [2.45, 2.75) is 121 Å². The molecule has 0 spiro atoms. The molecule has 41 heavy (non-hydrogen) atoms. The molecule has 226 valence electrons. The monoisotopic (exact) mass is 568 g/mol. The number of hydrogen-bond acceptors (Lipinski definition) is 6. The van der Waals surface area contributed by atoms with Gasteiger partial charge in [0.1, 0.15) is 24.4 Å². The molecule has 2 amide bonds. The number of unbranched alkanes of at least 4 members (excludes halogenated alkanes) is 10. The van der Waals surface area contributed by atoms with E-state index >= 15 is 0 Å². The number of urea groups is 1. The first-order chi connectivity index (χ1) is 20.1. The Kier molecular flexibility index (Phi) is 15.7. The van der Waals surface area contributed by atoms with Crippen molar-refractivity contribution in [1.29, 1.82) is 0 Å². The number of rotatable bonds is 15. The van der Waals surface area contributed by atoms with E-state index < -0.39 is 36.9 Å². The fourth-order valence-electron chi connectivity index (χ4n) is 5.03. The second-order valence-electron chi connectivity index (χ2n) is 10.7. The predicted octanol–water partition coefficient (Wildman–Crippen LogP) is 5.21. The van der Waals surface area contributed by atoms with Crippen molar-refractivity contribution in [3.8, 4) is 23.7 Å². The van der Waals surface area contributed by atoms with E-state index in [9.17, 15) is 9.90 Å². The Morgan fingerprint density at radius 2 is 1.61 bits per heavy atom. The lowest BCUT2D eigenvalue weighted by Gasteiger charge is -2.47. The molecule has 2 fully saturated rings. The highest BCUT2D eigenvalue weighted by Gasteiger charge is 2.50. The molecule has 6 atom stereocenters. The van der Waals surface area contributed by atoms with Crippen molar-refractivity contribution < 1.29 is 28.8 Å². The van der Waals surface area contributed by atoms with Gasteiger partial charge in [0.2, 0.25) is 0 Å². The van der Waals surface area contributed by atoms with Crippen LogP contribution < -0.4 is 10.6 Å². The van der Waals surface area contributed by atoms with Gasteiger partial charge in [-0.05, 0) is 31.1 Å². The molecular weight excluding hydrogens is 520 g/mol. The number of carbonyl (C=O) groups is 1. The minimum Gasteiger partial charge on any atom is -0.388 e. The highest BCUT2D eigenvalue weighted by atomic mass is 16.7. The Morgan fingerprint density at radius 1 is 0.951 bits per heavy atom. The Bertz CT molecular complexity index is 998. The van der Waals surface area contributed by atoms with Gasteiger partial charge in [0, 0.05) is 32.1 Å². The maximum absolute atomic E-state index is 12.6. The zero-order chi connectivity index (χ0) is 29.1. The van der Waals surface area contributed by atoms with Gasteiger partial charge >= 0.3 is 6.03 Å². The topological polar surface area (TPSA) is 98.3 Å². The van der Waals surface area contributed by atoms with Crippen molar-refractivity contribution in [3.63, 3.8) is 0 Å². The van der Waals surface area contributed by atoms with Gasteiger partial charge in [-0.2, -0.15) is 0 Å². The van der Waals surface area contributed by atoms with Crippen molar-refractivity contribution in [3.05, 3.63) is 35.9 Å². The molecule has 8 heteroatoms. The number of aliphatic hydroxyl groups excluding tert-OH is 1. The highest BCUT2D eigenvalue weighted by Crippen LogP contribution is 2.34. The van der Waals surface area contributed by atoms with Crippen LogP contribution in [0.1, 0.15) is 95.8 Å². The van der Waals surface area contributed by atoms with E-state index in [1.54, 1.807) is 0 Å². The number of ether oxygens (including phenoxy) is 4. The summed E-state index contributed by atoms with van der Waals surface area (Å²) >= 11 is 0. The van der Waals surface area contributed by atoms with Crippen molar-refractivity contribution in [2.75, 3.05) is 20.3 Å². The number of hydrogen-bond donors (Lipinski definition) is 3. The molecule has 2 saturated heterocycles. The molecule has 3 rings (SSSR count). The summed E-state index contributed by atoms with van der Waals surface area (Å²) in [7, 11) is 1.49. The maximum atomic E-state index is 12.6. The van der Waals surface area contributed by atoms with Crippen LogP contribution in [0.2, 0.25) is 0 Å². The summed E-state index contributed by atoms with van der Waals surface area (Å²) in [5.74, 6) is 12.2. The van der Waals surface area contributed by atoms with Crippen molar-refractivity contribution in [1.82, 2.24) is 10.6 Å². The van der Waals surface area contributed by atoms with E-state index in [0.29, 0.717) is 6.54 Å². The molecule has 1 aromatic rings. The number of aliphatic hydroxyl groups is 1. The van der Waals surface area contributed by atoms with E-state index in [2.05, 4.69) is 41.2 Å². The number of fused-ring (bicyclic) bond motifs is 1. The molecular formula is C33H48N2O6. The minimum absolute atomic E-state index is 0.253. The minimum atomic E-state index is -1.02. The average Bonchev–Trinajstić information content (AvgIpc) is 3.00. The van der Waals surface area contributed by atoms with E-state index in [0.717, 1.165) is 44.1 Å². The van der Waals surface area contributed by atoms with Gasteiger partial charge in [0.25, 0.3) is 0 Å². The summed E-state index contributed by atoms with van der Waals surface area (Å²) < 4.78 is 23.2. The van der Waals surface area contributed by atoms with Crippen LogP contribution in [0.4, 0.5) is 4.79 Å². The van der Waals surface area contributed by atoms with Crippen LogP contribution in [-0.2, 0) is 18.9 Å². The van der Waals surface area contributed by atoms with Crippen LogP contribution in [0.25, 0.3) is 0 Å². The van der Waals surface area contributed by atoms with E-state index in [1.165, 1.54) is 45.6 Å². The molecule has 0 radical (unpaired) electrons. The quantitative estimate of drug-likeness (QED) is 0.199. The Labute approximate surface area is 246 Å². The fourth-order valence-corrected chi connectivity index (χ4v) is 5.03. The number of carbonyl (C=O) groups excluding carboxylic acids is 1. The van der Waals surface area contributed by atoms with Crippen LogP contribution >= 0.6 is 0 Å². The average molecular weight is 569 g/mol. The number of methoxy groups -OCH3 is 1. The molecule has 3 N–H and O–H groups in total. The second-order valence-corrected chi connectivity index (χ2v) is 10.7. The Balaban J connectivity index is 1.26. The van der Waals surface area contributed by atoms with Gasteiger partial charge in [-0.3, -0.25) is 0 Å². The Hall–Kier alpha value is -2.59. The fraction of sp³-hybridized carbons (Fsp3) is 0.667. The van der Waals surface area contributed by atoms with Crippen molar-refractivity contribution >= 4 is 6.03 Å². The van der Waals surface area contributed by atoms with Crippen LogP contribution in [0.15, 0.2) is 30.3 Å². The summed E-state index contributed by atoms with van der Waals surface area (Å²) in [5, 5.41) is 16.8. The summed E-state index contributed by atoms with van der Waals surface area (Å²) in [6.45, 7) is 3.01. The molecule has 1 unspecified atom stereocenters. The molecule has 2 heterocycles. The zero-order valence-electron chi connectivity index (χ0n) is 24.7. The van der Waals surface area contributed by atoms with Gasteiger partial charge in [-0.25, -0.2) is 4.79 Å². The first-order valence-electron chi connectivity index (χ1n) is 15.3. The Morgan fingerprint density at radius 3 is 2.29 bits per heavy atom. The molecule has 2 aliphatic rings. The first kappa shape index (κ1) is 32.9. The third-order valence-electron chi connectivity index (χ3n) is 7.38. The van der Waals surface area contributed by atoms with Crippen LogP contribution in [0.5, 0.6) is 0 Å². The van der Waals surface area contributed by atoms with Gasteiger partial charge in [0.15, 0.2) is 12.6 Å². The van der Waals surface area contributed by atoms with Crippen LogP contribution in [-0.4, -0.2) is 62.0 Å². The van der Waals surface area contributed by atoms with Crippen LogP contribution in [0.3, 0.4) is 0 Å². The number of amides is 2. The van der Waals surface area contributed by atoms with Crippen LogP contribution in [0, 0.1) is 23.7 Å². The third kappa shape index (κ3) is 11.7. The zero-order valence-corrected chi connectivity index (χ0v) is 24.7. The molecule has 0 bridgehead atoms. The molecule has 0 aromatic heterocycles. The number of nitrogens with one attached hydrogen (secondary N) is 2. The van der Waals surface area contributed by atoms with E-state index in [1.807, 2.05) is 30.3 Å². The summed E-state index contributed by atoms with van der Waals surface area (Å²) in [6.07, 6.45) is 9.73. The molecule has 1 aromatic carbocycles. The normalized spacial score (nSPS) is 25.1. The molecule has 0 saturated carbocycles. The smallest absolute Gasteiger partial charge is 0.315 e. The lowest BCUT2D eigenvalue weighted by molar-refractivity contribution is -0.340. The molecule has 0 aliphatic carbocycles. The standard InChI is InChI=1S/C33H48N2O6/c1-3-4-5-6-7-8-9-10-11-12-13-14-15-16-17-21-24-34-33(37)35-28-29(36)30-27(40-32(28)38-2)25-39-31(41-30)26-22-19-18-20-23-26/h18-20,22-23,27-32,36H,3-6,11-17,21,24-25H2,1-2H3,(H2,34,35,37)/t27-,28-,29-,30-,31?,32+/m1/s1. The second kappa shape index (κ2) is 19.5. The SMILES string of the molecule is CCCCCC#CC#CCCCCCCCCCNC(=O)N[C@H]1[C@@H](OC)O[C@@H]2COC(c3ccccc3)O[C@H]2[C@@H]1O. The van der Waals surface area contributed by atoms with Gasteiger partial charge in [0.05, 0.1) is 6.61 Å². The summed E-state index contributed by atoms with van der Waals surface area (Å²) in [6, 6.07) is 8.40. The summed E-state index contributed by atoms with van der Waals surface area (Å²) in [4.78, 5) is 12.6. The largest absolute Gasteiger partial charge is 0.388 e. The molecule has 8 nitrogen and oxygen atoms in total. The van der Waals surface area contributed by atoms with Gasteiger partial charge in [-0.15, -0.1) is 0 Å². The summed E-state index contributed by atoms with van der Waals surface area (Å²) in [5.41, 5.74) is 0.859. The first-order valence-corrected chi connectivity index (χ1v) is 15.3. The third-order valence-corrected chi connectivity index (χ3v) is 7.38. The van der Waals surface area contributed by atoms with Gasteiger partial charge in [-0.1, -0.05) is 94.0 Å². The highest BCUT2D eigenvalue weighted by molar-refractivity contribution is 5.74. The lowest BCUT2D eigenvalue weighted by atomic mass is 9.96. The predicted molar refractivity (Wildman–Crippen MR) is 159 cm³/mol. The van der Waals surface area contributed by atoms with E-state index in [-0.39, 0.29) is 12.6 Å². The van der Waals surface area contributed by atoms with E-state index in [4.69, 9.17) is 18.9 Å². The number of benzene rings is 1. The van der Waals surface area contributed by atoms with Crippen molar-refractivity contribution in [2.24, 2.45) is 0 Å². The maximum Gasteiger partial charge on any atom is 0.315 e. The molecule has 2 aliphatic heterocycles. The van der Waals surface area contributed by atoms with Gasteiger partial charge < -0.3 is 34.7 Å².